The van der Waals surface area contributed by atoms with Crippen LogP contribution in [0.3, 0.4) is 0 Å². The van der Waals surface area contributed by atoms with Crippen LogP contribution in [0.1, 0.15) is 13.8 Å². The third-order valence-electron chi connectivity index (χ3n) is 4.76. The maximum atomic E-state index is 11.4. The zero-order valence-corrected chi connectivity index (χ0v) is 21.0. The lowest BCUT2D eigenvalue weighted by Gasteiger charge is -2.01. The van der Waals surface area contributed by atoms with Crippen molar-refractivity contribution in [1.29, 1.82) is 0 Å². The Morgan fingerprint density at radius 2 is 1.09 bits per heavy atom. The van der Waals surface area contributed by atoms with Gasteiger partial charge in [0, 0.05) is 13.1 Å². The maximum absolute atomic E-state index is 11.4. The summed E-state index contributed by atoms with van der Waals surface area (Å²) in [7, 11) is -8.63. The number of benzene rings is 2. The Bertz CT molecular complexity index is 1580. The lowest BCUT2D eigenvalue weighted by molar-refractivity contribution is -0.176. The van der Waals surface area contributed by atoms with Crippen LogP contribution >= 0.6 is 22.7 Å². The van der Waals surface area contributed by atoms with E-state index in [2.05, 4.69) is 10.2 Å². The molecule has 184 valence electrons. The number of thiazole rings is 2. The van der Waals surface area contributed by atoms with E-state index in [9.17, 15) is 25.9 Å². The highest BCUT2D eigenvalue weighted by Gasteiger charge is 2.14. The SMILES string of the molecule is CCn1c(=NN=c2sc3cc(S(=O)(=O)O)ccc3n2CC)sc2cc(S(=O)(=O)O)ccc21.OO. The van der Waals surface area contributed by atoms with E-state index in [1.54, 1.807) is 12.1 Å². The number of hydrogen-bond donors (Lipinski definition) is 4. The summed E-state index contributed by atoms with van der Waals surface area (Å²) in [6.45, 7) is 4.98. The molecule has 16 heteroatoms. The van der Waals surface area contributed by atoms with Crippen LogP contribution in [-0.4, -0.2) is 45.6 Å². The average molecular weight is 549 g/mol. The van der Waals surface area contributed by atoms with Crippen LogP contribution in [0, 0.1) is 0 Å². The Balaban J connectivity index is 0.00000158. The minimum absolute atomic E-state index is 0.194. The molecule has 0 radical (unpaired) electrons. The molecule has 0 amide bonds. The molecule has 0 saturated carbocycles. The molecule has 0 spiro atoms. The van der Waals surface area contributed by atoms with Crippen molar-refractivity contribution in [2.75, 3.05) is 0 Å². The predicted octanol–water partition coefficient (Wildman–Crippen LogP) is 2.69. The van der Waals surface area contributed by atoms with Gasteiger partial charge in [0.05, 0.1) is 30.2 Å². The third kappa shape index (κ3) is 5.13. The fraction of sp³-hybridized carbons (Fsp3) is 0.222. The van der Waals surface area contributed by atoms with E-state index in [1.165, 1.54) is 46.9 Å². The van der Waals surface area contributed by atoms with E-state index in [4.69, 9.17) is 10.5 Å². The second kappa shape index (κ2) is 10.0. The first kappa shape index (κ1) is 26.2. The molecule has 12 nitrogen and oxygen atoms in total. The molecular formula is C18H20N4O8S4. The summed E-state index contributed by atoms with van der Waals surface area (Å²) in [5.41, 5.74) is 1.52. The van der Waals surface area contributed by atoms with Gasteiger partial charge in [0.25, 0.3) is 20.2 Å². The van der Waals surface area contributed by atoms with Crippen LogP contribution in [0.4, 0.5) is 0 Å². The molecule has 0 aliphatic carbocycles. The molecule has 2 aromatic carbocycles. The summed E-state index contributed by atoms with van der Waals surface area (Å²) in [5, 5.41) is 20.7. The molecule has 0 fully saturated rings. The number of aromatic nitrogens is 2. The molecule has 4 aromatic rings. The summed E-state index contributed by atoms with van der Waals surface area (Å²) < 4.78 is 69.4. The van der Waals surface area contributed by atoms with Crippen LogP contribution in [0.15, 0.2) is 56.4 Å². The van der Waals surface area contributed by atoms with Crippen molar-refractivity contribution < 1.29 is 36.5 Å². The first-order valence-corrected chi connectivity index (χ1v) is 14.0. The highest BCUT2D eigenvalue weighted by atomic mass is 32.2. The Labute approximate surface area is 201 Å². The van der Waals surface area contributed by atoms with Crippen LogP contribution in [0.5, 0.6) is 0 Å². The van der Waals surface area contributed by atoms with Crippen molar-refractivity contribution in [1.82, 2.24) is 9.13 Å². The van der Waals surface area contributed by atoms with Crippen LogP contribution in [-0.2, 0) is 33.3 Å². The van der Waals surface area contributed by atoms with E-state index >= 15 is 0 Å². The summed E-state index contributed by atoms with van der Waals surface area (Å²) in [6.07, 6.45) is 0. The number of hydrogen-bond acceptors (Lipinski definition) is 10. The van der Waals surface area contributed by atoms with E-state index in [-0.39, 0.29) is 9.79 Å². The zero-order chi connectivity index (χ0) is 25.3. The second-order valence-corrected chi connectivity index (χ2v) is 11.5. The summed E-state index contributed by atoms with van der Waals surface area (Å²) >= 11 is 2.47. The van der Waals surface area contributed by atoms with Gasteiger partial charge >= 0.3 is 0 Å². The van der Waals surface area contributed by atoms with Gasteiger partial charge in [-0.1, -0.05) is 22.7 Å². The maximum Gasteiger partial charge on any atom is 0.294 e. The van der Waals surface area contributed by atoms with Gasteiger partial charge in [-0.05, 0) is 50.2 Å². The Kier molecular flexibility index (Phi) is 7.73. The van der Waals surface area contributed by atoms with Gasteiger partial charge in [0.15, 0.2) is 0 Å². The van der Waals surface area contributed by atoms with Gasteiger partial charge in [-0.15, -0.1) is 10.2 Å². The van der Waals surface area contributed by atoms with Crippen molar-refractivity contribution in [3.8, 4) is 0 Å². The van der Waals surface area contributed by atoms with Crippen molar-refractivity contribution in [3.05, 3.63) is 46.0 Å². The van der Waals surface area contributed by atoms with Gasteiger partial charge in [-0.2, -0.15) is 16.8 Å². The van der Waals surface area contributed by atoms with Gasteiger partial charge in [0.1, 0.15) is 0 Å². The largest absolute Gasteiger partial charge is 0.315 e. The predicted molar refractivity (Wildman–Crippen MR) is 127 cm³/mol. The first-order chi connectivity index (χ1) is 16.0. The Hall–Kier alpha value is -2.44. The molecule has 34 heavy (non-hydrogen) atoms. The van der Waals surface area contributed by atoms with Crippen molar-refractivity contribution >= 4 is 63.3 Å². The van der Waals surface area contributed by atoms with E-state index in [0.717, 1.165) is 11.0 Å². The fourth-order valence-corrected chi connectivity index (χ4v) is 6.61. The molecule has 0 atom stereocenters. The number of nitrogens with zero attached hydrogens (tertiary/aromatic N) is 4. The summed E-state index contributed by atoms with van der Waals surface area (Å²) in [5.74, 6) is 0. The standard InChI is InChI=1S/C18H18N4O6S4.H2O2/c1-3-21-13-7-5-11(31(23,24)25)9-15(13)29-17(21)19-20-18-22(4-2)14-8-6-12(32(26,27)28)10-16(14)30-18;1-2/h5-10H,3-4H2,1-2H3,(H,23,24,25)(H,26,27,28);1-2H. The lowest BCUT2D eigenvalue weighted by atomic mass is 10.3. The molecule has 0 aliphatic rings. The normalized spacial score (nSPS) is 13.5. The van der Waals surface area contributed by atoms with Crippen molar-refractivity contribution in [2.24, 2.45) is 10.2 Å². The molecule has 2 heterocycles. The topological polar surface area (TPSA) is 184 Å². The molecule has 4 rings (SSSR count). The minimum Gasteiger partial charge on any atom is -0.315 e. The van der Waals surface area contributed by atoms with Gasteiger partial charge in [-0.25, -0.2) is 0 Å². The van der Waals surface area contributed by atoms with Gasteiger partial charge < -0.3 is 9.13 Å². The highest BCUT2D eigenvalue weighted by molar-refractivity contribution is 7.86. The van der Waals surface area contributed by atoms with Crippen LogP contribution in [0.25, 0.3) is 20.4 Å². The fourth-order valence-electron chi connectivity index (χ4n) is 3.28. The minimum atomic E-state index is -4.32. The molecule has 0 unspecified atom stereocenters. The Morgan fingerprint density at radius 3 is 1.38 bits per heavy atom. The summed E-state index contributed by atoms with van der Waals surface area (Å²) in [4.78, 5) is 0.685. The third-order valence-corrected chi connectivity index (χ3v) is 8.52. The van der Waals surface area contributed by atoms with Crippen LogP contribution in [0.2, 0.25) is 0 Å². The number of fused-ring (bicyclic) bond motifs is 2. The summed E-state index contributed by atoms with van der Waals surface area (Å²) in [6, 6.07) is 8.68. The Morgan fingerprint density at radius 1 is 0.735 bits per heavy atom. The molecule has 0 saturated heterocycles. The lowest BCUT2D eigenvalue weighted by Crippen LogP contribution is -2.16. The number of rotatable bonds is 5. The smallest absolute Gasteiger partial charge is 0.294 e. The molecule has 0 bridgehead atoms. The molecular weight excluding hydrogens is 528 g/mol. The van der Waals surface area contributed by atoms with Crippen LogP contribution < -0.4 is 9.60 Å². The van der Waals surface area contributed by atoms with Gasteiger partial charge in [-0.3, -0.25) is 19.6 Å². The second-order valence-electron chi connectivity index (χ2n) is 6.67. The quantitative estimate of drug-likeness (QED) is 0.167. The first-order valence-electron chi connectivity index (χ1n) is 9.52. The average Bonchev–Trinajstić information content (AvgIpc) is 3.33. The van der Waals surface area contributed by atoms with Crippen molar-refractivity contribution in [2.45, 2.75) is 36.7 Å². The number of aryl methyl sites for hydroxylation is 2. The van der Waals surface area contributed by atoms with Crippen molar-refractivity contribution in [3.63, 3.8) is 0 Å². The van der Waals surface area contributed by atoms with E-state index in [0.29, 0.717) is 32.1 Å². The van der Waals surface area contributed by atoms with E-state index < -0.39 is 20.2 Å². The molecule has 0 aliphatic heterocycles. The zero-order valence-electron chi connectivity index (χ0n) is 17.7. The monoisotopic (exact) mass is 548 g/mol. The van der Waals surface area contributed by atoms with Gasteiger partial charge in [0.2, 0.25) is 9.60 Å². The highest BCUT2D eigenvalue weighted by Crippen LogP contribution is 2.23. The molecule has 2 aromatic heterocycles. The molecule has 4 N–H and O–H groups in total. The van der Waals surface area contributed by atoms with E-state index in [1.807, 2.05) is 23.0 Å².